The first-order valence-corrected chi connectivity index (χ1v) is 2.45. The molecule has 2 nitrogen and oxygen atoms in total. The molecule has 1 aliphatic heterocycles. The van der Waals surface area contributed by atoms with E-state index in [9.17, 15) is 5.21 Å². The first-order chi connectivity index (χ1) is 3.21. The second-order valence-corrected chi connectivity index (χ2v) is 2.07. The van der Waals surface area contributed by atoms with Gasteiger partial charge in [0.05, 0.1) is 19.8 Å². The Morgan fingerprint density at radius 1 is 1.71 bits per heavy atom. The van der Waals surface area contributed by atoms with Gasteiger partial charge in [0, 0.05) is 6.42 Å². The van der Waals surface area contributed by atoms with Crippen LogP contribution in [0.3, 0.4) is 0 Å². The van der Waals surface area contributed by atoms with Gasteiger partial charge in [0.25, 0.3) is 0 Å². The standard InChI is InChI=1S/C5H9NO/c1-6(7)4-2-3-5-6/h2,4H,3,5H2,1H3. The molecule has 1 rings (SSSR count). The summed E-state index contributed by atoms with van der Waals surface area (Å²) in [6.07, 6.45) is 4.55. The van der Waals surface area contributed by atoms with Crippen LogP contribution < -0.4 is 0 Å². The highest BCUT2D eigenvalue weighted by Gasteiger charge is 2.08. The predicted octanol–water partition coefficient (Wildman–Crippen LogP) is 0.848. The van der Waals surface area contributed by atoms with E-state index in [1.54, 1.807) is 13.2 Å². The van der Waals surface area contributed by atoms with E-state index in [-0.39, 0.29) is 4.65 Å². The maximum atomic E-state index is 10.8. The molecule has 0 saturated carbocycles. The molecule has 0 aromatic carbocycles. The summed E-state index contributed by atoms with van der Waals surface area (Å²) in [6.45, 7) is 0.722. The Morgan fingerprint density at radius 2 is 2.43 bits per heavy atom. The maximum Gasteiger partial charge on any atom is 0.0918 e. The van der Waals surface area contributed by atoms with E-state index < -0.39 is 0 Å². The normalized spacial score (nSPS) is 39.7. The fourth-order valence-corrected chi connectivity index (χ4v) is 0.703. The minimum absolute atomic E-state index is 0.181. The molecule has 0 amide bonds. The van der Waals surface area contributed by atoms with Crippen LogP contribution in [-0.4, -0.2) is 18.2 Å². The predicted molar refractivity (Wildman–Crippen MR) is 28.2 cm³/mol. The minimum Gasteiger partial charge on any atom is -0.628 e. The van der Waals surface area contributed by atoms with Crippen LogP contribution in [0.1, 0.15) is 6.42 Å². The summed E-state index contributed by atoms with van der Waals surface area (Å²) in [7, 11) is 1.66. The zero-order chi connectivity index (χ0) is 5.33. The van der Waals surface area contributed by atoms with E-state index in [2.05, 4.69) is 0 Å². The fraction of sp³-hybridized carbons (Fsp3) is 0.600. The number of hydrogen-bond donors (Lipinski definition) is 0. The number of quaternary nitrogens is 1. The van der Waals surface area contributed by atoms with Gasteiger partial charge < -0.3 is 9.85 Å². The van der Waals surface area contributed by atoms with E-state index in [0.717, 1.165) is 13.0 Å². The van der Waals surface area contributed by atoms with Crippen LogP contribution in [0, 0.1) is 5.21 Å². The fourth-order valence-electron chi connectivity index (χ4n) is 0.703. The highest BCUT2D eigenvalue weighted by Crippen LogP contribution is 2.09. The summed E-state index contributed by atoms with van der Waals surface area (Å²) in [5.74, 6) is 0. The molecule has 0 fully saturated rings. The summed E-state index contributed by atoms with van der Waals surface area (Å²) in [5.41, 5.74) is 0. The van der Waals surface area contributed by atoms with Crippen molar-refractivity contribution in [3.63, 3.8) is 0 Å². The third-order valence-electron chi connectivity index (χ3n) is 1.16. The van der Waals surface area contributed by atoms with E-state index in [1.807, 2.05) is 6.08 Å². The van der Waals surface area contributed by atoms with Gasteiger partial charge in [0.1, 0.15) is 0 Å². The van der Waals surface area contributed by atoms with E-state index >= 15 is 0 Å². The summed E-state index contributed by atoms with van der Waals surface area (Å²) < 4.78 is -0.181. The monoisotopic (exact) mass is 99.1 g/mol. The van der Waals surface area contributed by atoms with Crippen molar-refractivity contribution in [2.75, 3.05) is 13.6 Å². The van der Waals surface area contributed by atoms with Gasteiger partial charge in [-0.05, 0) is 6.08 Å². The van der Waals surface area contributed by atoms with Gasteiger partial charge in [0.15, 0.2) is 0 Å². The molecule has 7 heavy (non-hydrogen) atoms. The molecule has 0 radical (unpaired) electrons. The summed E-state index contributed by atoms with van der Waals surface area (Å²) in [5, 5.41) is 10.8. The summed E-state index contributed by atoms with van der Waals surface area (Å²) in [4.78, 5) is 0. The van der Waals surface area contributed by atoms with Crippen LogP contribution in [0.25, 0.3) is 0 Å². The zero-order valence-corrected chi connectivity index (χ0v) is 4.42. The van der Waals surface area contributed by atoms with Gasteiger partial charge in [-0.1, -0.05) is 0 Å². The van der Waals surface area contributed by atoms with Gasteiger partial charge in [-0.25, -0.2) is 0 Å². The smallest absolute Gasteiger partial charge is 0.0918 e. The van der Waals surface area contributed by atoms with Gasteiger partial charge in [-0.3, -0.25) is 0 Å². The molecule has 1 heterocycles. The van der Waals surface area contributed by atoms with Crippen LogP contribution in [0.2, 0.25) is 0 Å². The Labute approximate surface area is 43.2 Å². The topological polar surface area (TPSA) is 23.1 Å². The molecule has 1 unspecified atom stereocenters. The molecule has 0 saturated heterocycles. The number of nitrogens with zero attached hydrogens (tertiary/aromatic N) is 1. The number of hydroxylamine groups is 3. The van der Waals surface area contributed by atoms with Gasteiger partial charge >= 0.3 is 0 Å². The number of rotatable bonds is 0. The highest BCUT2D eigenvalue weighted by atomic mass is 16.5. The van der Waals surface area contributed by atoms with Crippen LogP contribution in [0.15, 0.2) is 12.3 Å². The Morgan fingerprint density at radius 3 is 2.57 bits per heavy atom. The Hall–Kier alpha value is -0.340. The summed E-state index contributed by atoms with van der Waals surface area (Å²) in [6, 6.07) is 0. The van der Waals surface area contributed by atoms with Crippen LogP contribution in [-0.2, 0) is 0 Å². The van der Waals surface area contributed by atoms with E-state index in [1.165, 1.54) is 0 Å². The molecule has 1 atom stereocenters. The molecule has 0 aliphatic carbocycles. The van der Waals surface area contributed by atoms with Crippen molar-refractivity contribution in [2.45, 2.75) is 6.42 Å². The van der Waals surface area contributed by atoms with Crippen LogP contribution in [0.4, 0.5) is 0 Å². The minimum atomic E-state index is -0.181. The Bertz CT molecular complexity index is 96.3. The molecule has 40 valence electrons. The molecular formula is C5H9NO. The van der Waals surface area contributed by atoms with Gasteiger partial charge in [0.2, 0.25) is 0 Å². The van der Waals surface area contributed by atoms with Crippen molar-refractivity contribution in [2.24, 2.45) is 0 Å². The molecule has 0 aromatic heterocycles. The average Bonchev–Trinajstić information content (AvgIpc) is 1.84. The van der Waals surface area contributed by atoms with Crippen LogP contribution >= 0.6 is 0 Å². The van der Waals surface area contributed by atoms with Crippen molar-refractivity contribution in [1.29, 1.82) is 0 Å². The number of hydrogen-bond acceptors (Lipinski definition) is 1. The van der Waals surface area contributed by atoms with E-state index in [4.69, 9.17) is 0 Å². The van der Waals surface area contributed by atoms with Crippen molar-refractivity contribution < 1.29 is 4.65 Å². The third-order valence-corrected chi connectivity index (χ3v) is 1.16. The molecule has 0 spiro atoms. The Kier molecular flexibility index (Phi) is 0.905. The average molecular weight is 99.1 g/mol. The Balaban J connectivity index is 2.57. The molecule has 0 bridgehead atoms. The molecule has 0 aromatic rings. The van der Waals surface area contributed by atoms with Gasteiger partial charge in [-0.2, -0.15) is 0 Å². The lowest BCUT2D eigenvalue weighted by Gasteiger charge is -2.29. The summed E-state index contributed by atoms with van der Waals surface area (Å²) >= 11 is 0. The second kappa shape index (κ2) is 1.32. The van der Waals surface area contributed by atoms with Gasteiger partial charge in [-0.15, -0.1) is 0 Å². The van der Waals surface area contributed by atoms with E-state index in [0.29, 0.717) is 0 Å². The molecule has 2 heteroatoms. The molecular weight excluding hydrogens is 90.1 g/mol. The van der Waals surface area contributed by atoms with Crippen molar-refractivity contribution >= 4 is 0 Å². The lowest BCUT2D eigenvalue weighted by Crippen LogP contribution is -2.27. The van der Waals surface area contributed by atoms with Crippen LogP contribution in [0.5, 0.6) is 0 Å². The lowest BCUT2D eigenvalue weighted by atomic mass is 10.5. The zero-order valence-electron chi connectivity index (χ0n) is 4.42. The largest absolute Gasteiger partial charge is 0.628 e. The quantitative estimate of drug-likeness (QED) is 0.326. The first kappa shape index (κ1) is 4.81. The van der Waals surface area contributed by atoms with Crippen molar-refractivity contribution in [3.05, 3.63) is 17.5 Å². The second-order valence-electron chi connectivity index (χ2n) is 2.07. The molecule has 0 N–H and O–H groups in total. The first-order valence-electron chi connectivity index (χ1n) is 2.45. The maximum absolute atomic E-state index is 10.8. The molecule has 1 aliphatic rings. The lowest BCUT2D eigenvalue weighted by molar-refractivity contribution is -0.801. The highest BCUT2D eigenvalue weighted by molar-refractivity contribution is 4.80. The van der Waals surface area contributed by atoms with Crippen molar-refractivity contribution in [3.8, 4) is 0 Å². The van der Waals surface area contributed by atoms with Crippen molar-refractivity contribution in [1.82, 2.24) is 0 Å². The third kappa shape index (κ3) is 1.01. The SMILES string of the molecule is C[N+]1([O-])C=CCC1.